The van der Waals surface area contributed by atoms with E-state index in [9.17, 15) is 9.18 Å². The Hall–Kier alpha value is -2.74. The van der Waals surface area contributed by atoms with Gasteiger partial charge in [-0.25, -0.2) is 14.4 Å². The van der Waals surface area contributed by atoms with Crippen molar-refractivity contribution in [1.82, 2.24) is 14.9 Å². The molecule has 1 aliphatic heterocycles. The van der Waals surface area contributed by atoms with E-state index in [1.165, 1.54) is 0 Å². The van der Waals surface area contributed by atoms with Gasteiger partial charge in [0, 0.05) is 23.7 Å². The van der Waals surface area contributed by atoms with Crippen LogP contribution < -0.4 is 5.32 Å². The van der Waals surface area contributed by atoms with E-state index in [1.807, 2.05) is 50.2 Å². The van der Waals surface area contributed by atoms with Crippen LogP contribution >= 0.6 is 23.2 Å². The molecule has 0 bridgehead atoms. The molecule has 3 aromatic rings. The number of hydrogen-bond donors (Lipinski definition) is 1. The Labute approximate surface area is 220 Å². The number of nitrogens with zero attached hydrogens (tertiary/aromatic N) is 3. The minimum Gasteiger partial charge on any atom is -0.363 e. The summed E-state index contributed by atoms with van der Waals surface area (Å²) in [5.41, 5.74) is 4.00. The number of hydrogen-bond acceptors (Lipinski definition) is 5. The third-order valence-electron chi connectivity index (χ3n) is 6.15. The summed E-state index contributed by atoms with van der Waals surface area (Å²) in [6, 6.07) is 14.7. The van der Waals surface area contributed by atoms with E-state index in [0.29, 0.717) is 47.5 Å². The fourth-order valence-corrected chi connectivity index (χ4v) is 4.89. The first-order valence-corrected chi connectivity index (χ1v) is 12.8. The monoisotopic (exact) mass is 530 g/mol. The highest BCUT2D eigenvalue weighted by Crippen LogP contribution is 2.33. The molecule has 0 unspecified atom stereocenters. The van der Waals surface area contributed by atoms with Crippen molar-refractivity contribution >= 4 is 34.9 Å². The minimum absolute atomic E-state index is 0.145. The Bertz CT molecular complexity index is 1210. The average molecular weight is 531 g/mol. The van der Waals surface area contributed by atoms with Crippen molar-refractivity contribution in [3.8, 4) is 11.3 Å². The smallest absolute Gasteiger partial charge is 0.254 e. The van der Waals surface area contributed by atoms with Crippen molar-refractivity contribution in [2.24, 2.45) is 0 Å². The highest BCUT2D eigenvalue weighted by atomic mass is 35.5. The van der Waals surface area contributed by atoms with Crippen LogP contribution in [0.1, 0.15) is 30.8 Å². The molecule has 6 nitrogen and oxygen atoms in total. The first kappa shape index (κ1) is 26.3. The van der Waals surface area contributed by atoms with Crippen molar-refractivity contribution in [1.29, 1.82) is 0 Å². The predicted octanol–water partition coefficient (Wildman–Crippen LogP) is 5.75. The number of benzene rings is 2. The van der Waals surface area contributed by atoms with Gasteiger partial charge in [-0.05, 0) is 36.6 Å². The molecule has 0 spiro atoms. The topological polar surface area (TPSA) is 67.4 Å². The molecular formula is C27H29Cl2FN4O2. The van der Waals surface area contributed by atoms with Crippen LogP contribution in [0.2, 0.25) is 10.0 Å². The minimum atomic E-state index is -0.813. The predicted molar refractivity (Wildman–Crippen MR) is 141 cm³/mol. The van der Waals surface area contributed by atoms with Crippen LogP contribution in [0.5, 0.6) is 0 Å². The average Bonchev–Trinajstić information content (AvgIpc) is 3.16. The number of aryl methyl sites for hydroxylation is 2. The number of anilines is 1. The highest BCUT2D eigenvalue weighted by Gasteiger charge is 2.41. The molecule has 1 aromatic heterocycles. The maximum Gasteiger partial charge on any atom is 0.254 e. The fourth-order valence-electron chi connectivity index (χ4n) is 4.39. The maximum absolute atomic E-state index is 13.2. The van der Waals surface area contributed by atoms with Gasteiger partial charge in [-0.3, -0.25) is 4.79 Å². The summed E-state index contributed by atoms with van der Waals surface area (Å²) in [4.78, 5) is 24.7. The Morgan fingerprint density at radius 2 is 1.83 bits per heavy atom. The number of alkyl halides is 1. The fraction of sp³-hybridized carbons (Fsp3) is 0.370. The van der Waals surface area contributed by atoms with E-state index >= 15 is 0 Å². The number of amides is 1. The largest absolute Gasteiger partial charge is 0.363 e. The van der Waals surface area contributed by atoms with Gasteiger partial charge in [0.2, 0.25) is 0 Å². The van der Waals surface area contributed by atoms with Gasteiger partial charge >= 0.3 is 0 Å². The lowest BCUT2D eigenvalue weighted by atomic mass is 10.1. The summed E-state index contributed by atoms with van der Waals surface area (Å²) < 4.78 is 18.6. The van der Waals surface area contributed by atoms with E-state index in [4.69, 9.17) is 37.9 Å². The Morgan fingerprint density at radius 1 is 1.08 bits per heavy atom. The van der Waals surface area contributed by atoms with Crippen molar-refractivity contribution in [3.63, 3.8) is 0 Å². The molecular weight excluding hydrogens is 502 g/mol. The van der Waals surface area contributed by atoms with Gasteiger partial charge in [-0.2, -0.15) is 0 Å². The van der Waals surface area contributed by atoms with Crippen molar-refractivity contribution in [3.05, 3.63) is 75.5 Å². The number of rotatable bonds is 10. The molecule has 1 amide bonds. The second-order valence-electron chi connectivity index (χ2n) is 8.58. The highest BCUT2D eigenvalue weighted by molar-refractivity contribution is 6.36. The Kier molecular flexibility index (Phi) is 8.77. The summed E-state index contributed by atoms with van der Waals surface area (Å²) >= 11 is 12.6. The molecule has 0 aliphatic carbocycles. The molecule has 1 fully saturated rings. The molecule has 4 rings (SSSR count). The Morgan fingerprint density at radius 3 is 2.50 bits per heavy atom. The van der Waals surface area contributed by atoms with Crippen LogP contribution in [0, 0.1) is 0 Å². The van der Waals surface area contributed by atoms with Crippen LogP contribution in [0.4, 0.5) is 10.2 Å². The second kappa shape index (κ2) is 12.0. The normalized spacial score (nSPS) is 17.6. The van der Waals surface area contributed by atoms with Gasteiger partial charge in [0.15, 0.2) is 6.10 Å². The molecule has 2 atom stereocenters. The van der Waals surface area contributed by atoms with Crippen molar-refractivity contribution in [2.75, 3.05) is 25.1 Å². The van der Waals surface area contributed by atoms with Gasteiger partial charge < -0.3 is 15.0 Å². The molecule has 0 saturated carbocycles. The lowest BCUT2D eigenvalue weighted by Crippen LogP contribution is -2.37. The molecule has 1 N–H and O–H groups in total. The molecule has 1 saturated heterocycles. The lowest BCUT2D eigenvalue weighted by Gasteiger charge is -2.21. The summed E-state index contributed by atoms with van der Waals surface area (Å²) in [5.74, 6) is 0.424. The van der Waals surface area contributed by atoms with Gasteiger partial charge in [0.25, 0.3) is 5.91 Å². The standard InChI is InChI=1S/C27H29Cl2FN4O2/c1-3-21-24(19-11-10-18(28)14-20(19)29)31-22(4-2)26(32-21)33-23-16-34(15-17-8-6-5-7-9-17)27(35)25(23)36-13-12-30/h5-11,14,23,25H,3-4,12-13,15-16H2,1-2H3,(H,32,33)/t23-,25-/m1/s1. The van der Waals surface area contributed by atoms with E-state index in [2.05, 4.69) is 5.32 Å². The zero-order chi connectivity index (χ0) is 25.7. The van der Waals surface area contributed by atoms with Crippen LogP contribution in [-0.2, 0) is 28.9 Å². The molecule has 2 heterocycles. The second-order valence-corrected chi connectivity index (χ2v) is 9.42. The molecule has 36 heavy (non-hydrogen) atoms. The molecule has 2 aromatic carbocycles. The summed E-state index contributed by atoms with van der Waals surface area (Å²) in [6.07, 6.45) is 0.430. The summed E-state index contributed by atoms with van der Waals surface area (Å²) in [7, 11) is 0. The van der Waals surface area contributed by atoms with Crippen LogP contribution in [0.15, 0.2) is 48.5 Å². The number of ether oxygens (including phenoxy) is 1. The van der Waals surface area contributed by atoms with Gasteiger partial charge in [-0.15, -0.1) is 0 Å². The van der Waals surface area contributed by atoms with E-state index in [0.717, 1.165) is 22.5 Å². The van der Waals surface area contributed by atoms with Crippen LogP contribution in [-0.4, -0.2) is 52.7 Å². The summed E-state index contributed by atoms with van der Waals surface area (Å²) in [6.45, 7) is 4.04. The molecule has 9 heteroatoms. The van der Waals surface area contributed by atoms with E-state index in [-0.39, 0.29) is 12.5 Å². The number of carbonyl (C=O) groups is 1. The van der Waals surface area contributed by atoms with Gasteiger partial charge in [0.1, 0.15) is 12.5 Å². The van der Waals surface area contributed by atoms with Crippen LogP contribution in [0.3, 0.4) is 0 Å². The first-order valence-electron chi connectivity index (χ1n) is 12.1. The third-order valence-corrected chi connectivity index (χ3v) is 6.69. The van der Waals surface area contributed by atoms with Gasteiger partial charge in [-0.1, -0.05) is 67.4 Å². The Balaban J connectivity index is 1.64. The van der Waals surface area contributed by atoms with Crippen LogP contribution in [0.25, 0.3) is 11.3 Å². The lowest BCUT2D eigenvalue weighted by molar-refractivity contribution is -0.138. The van der Waals surface area contributed by atoms with E-state index < -0.39 is 18.8 Å². The number of aromatic nitrogens is 2. The number of nitrogens with one attached hydrogen (secondary N) is 1. The maximum atomic E-state index is 13.2. The number of carbonyl (C=O) groups excluding carboxylic acids is 1. The summed E-state index contributed by atoms with van der Waals surface area (Å²) in [5, 5.41) is 4.46. The third kappa shape index (κ3) is 5.80. The first-order chi connectivity index (χ1) is 17.4. The zero-order valence-corrected chi connectivity index (χ0v) is 21.8. The van der Waals surface area contributed by atoms with E-state index in [1.54, 1.807) is 17.0 Å². The van der Waals surface area contributed by atoms with Crippen molar-refractivity contribution in [2.45, 2.75) is 45.4 Å². The SMILES string of the molecule is CCc1nc(-c2ccc(Cl)cc2Cl)c(CC)nc1N[C@@H]1CN(Cc2ccccc2)C(=O)[C@@H]1OCCF. The van der Waals surface area contributed by atoms with Crippen molar-refractivity contribution < 1.29 is 13.9 Å². The molecule has 0 radical (unpaired) electrons. The molecule has 1 aliphatic rings. The molecule has 190 valence electrons. The quantitative estimate of drug-likeness (QED) is 0.361. The zero-order valence-electron chi connectivity index (χ0n) is 20.3. The van der Waals surface area contributed by atoms with Gasteiger partial charge in [0.05, 0.1) is 34.8 Å². The number of halogens is 3. The number of likely N-dealkylation sites (tertiary alicyclic amines) is 1.